The van der Waals surface area contributed by atoms with Crippen LogP contribution in [0.4, 0.5) is 0 Å². The maximum atomic E-state index is 11.3. The molecule has 1 aromatic carbocycles. The van der Waals surface area contributed by atoms with E-state index in [4.69, 9.17) is 0 Å². The van der Waals surface area contributed by atoms with E-state index in [1.165, 1.54) is 11.3 Å². The molecule has 1 unspecified atom stereocenters. The van der Waals surface area contributed by atoms with Crippen LogP contribution < -0.4 is 4.57 Å². The van der Waals surface area contributed by atoms with Crippen molar-refractivity contribution in [2.75, 3.05) is 0 Å². The molecule has 1 aliphatic heterocycles. The fraction of sp³-hybridized carbons (Fsp3) is 0.200. The van der Waals surface area contributed by atoms with Crippen molar-refractivity contribution < 1.29 is 9.36 Å². The molecular weight excluding hydrogens is 210 g/mol. The predicted octanol–water partition coefficient (Wildman–Crippen LogP) is 2.50. The van der Waals surface area contributed by atoms with Crippen molar-refractivity contribution in [1.29, 1.82) is 0 Å². The monoisotopic (exact) mass is 224 g/mol. The predicted molar refractivity (Wildman–Crippen MR) is 65.6 cm³/mol. The number of rotatable bonds is 1. The number of aldehydes is 1. The zero-order valence-electron chi connectivity index (χ0n) is 9.71. The number of hydrogen-bond acceptors (Lipinski definition) is 1. The summed E-state index contributed by atoms with van der Waals surface area (Å²) in [5.41, 5.74) is 3.50. The summed E-state index contributed by atoms with van der Waals surface area (Å²) in [5, 5.41) is 0. The van der Waals surface area contributed by atoms with Gasteiger partial charge in [-0.3, -0.25) is 0 Å². The average Bonchev–Trinajstić information content (AvgIpc) is 2.40. The minimum Gasteiger partial charge on any atom is -0.302 e. The lowest BCUT2D eigenvalue weighted by molar-refractivity contribution is -0.712. The lowest BCUT2D eigenvalue weighted by Crippen LogP contribution is -2.46. The average molecular weight is 224 g/mol. The van der Waals surface area contributed by atoms with Crippen molar-refractivity contribution in [3.05, 3.63) is 54.2 Å². The second-order valence-electron chi connectivity index (χ2n) is 4.48. The fourth-order valence-corrected chi connectivity index (χ4v) is 2.68. The van der Waals surface area contributed by atoms with E-state index in [1.807, 2.05) is 30.5 Å². The van der Waals surface area contributed by atoms with Crippen LogP contribution >= 0.6 is 0 Å². The SMILES string of the molecule is C[C@H]1C(C=O)c2ccccc2-c2cccc[n+]21. The maximum absolute atomic E-state index is 11.3. The third-order valence-corrected chi connectivity index (χ3v) is 3.59. The molecule has 0 spiro atoms. The Morgan fingerprint density at radius 2 is 1.88 bits per heavy atom. The minimum atomic E-state index is -0.0499. The van der Waals surface area contributed by atoms with Gasteiger partial charge in [0.25, 0.3) is 0 Å². The van der Waals surface area contributed by atoms with Crippen LogP contribution in [0.25, 0.3) is 11.3 Å². The summed E-state index contributed by atoms with van der Waals surface area (Å²) in [6.07, 6.45) is 3.11. The van der Waals surface area contributed by atoms with Crippen LogP contribution in [-0.4, -0.2) is 6.29 Å². The van der Waals surface area contributed by atoms with E-state index in [0.29, 0.717) is 0 Å². The Morgan fingerprint density at radius 1 is 1.12 bits per heavy atom. The van der Waals surface area contributed by atoms with Crippen LogP contribution in [0.5, 0.6) is 0 Å². The largest absolute Gasteiger partial charge is 0.302 e. The van der Waals surface area contributed by atoms with Gasteiger partial charge in [0.1, 0.15) is 12.2 Å². The first-order valence-corrected chi connectivity index (χ1v) is 5.87. The van der Waals surface area contributed by atoms with Crippen LogP contribution in [0, 0.1) is 0 Å². The molecule has 1 aromatic heterocycles. The molecule has 0 fully saturated rings. The minimum absolute atomic E-state index is 0.0499. The highest BCUT2D eigenvalue weighted by Gasteiger charge is 2.36. The molecule has 1 aliphatic rings. The summed E-state index contributed by atoms with van der Waals surface area (Å²) >= 11 is 0. The Labute approximate surface area is 101 Å². The topological polar surface area (TPSA) is 20.9 Å². The van der Waals surface area contributed by atoms with Gasteiger partial charge in [-0.05, 0) is 24.6 Å². The Bertz CT molecular complexity index is 577. The van der Waals surface area contributed by atoms with Crippen molar-refractivity contribution in [3.8, 4) is 11.3 Å². The summed E-state index contributed by atoms with van der Waals surface area (Å²) in [6.45, 7) is 2.10. The van der Waals surface area contributed by atoms with Gasteiger partial charge in [-0.2, -0.15) is 4.57 Å². The Kier molecular flexibility index (Phi) is 2.29. The Balaban J connectivity index is 2.32. The Hall–Kier alpha value is -1.96. The van der Waals surface area contributed by atoms with Crippen LogP contribution in [0.3, 0.4) is 0 Å². The first-order valence-electron chi connectivity index (χ1n) is 5.87. The van der Waals surface area contributed by atoms with Crippen molar-refractivity contribution >= 4 is 6.29 Å². The molecule has 2 atom stereocenters. The summed E-state index contributed by atoms with van der Waals surface area (Å²) in [5.74, 6) is -0.0499. The summed E-state index contributed by atoms with van der Waals surface area (Å²) < 4.78 is 2.18. The number of fused-ring (bicyclic) bond motifs is 3. The molecule has 84 valence electrons. The number of benzene rings is 1. The van der Waals surface area contributed by atoms with Crippen molar-refractivity contribution in [2.45, 2.75) is 18.9 Å². The molecule has 0 bridgehead atoms. The molecule has 0 amide bonds. The zero-order chi connectivity index (χ0) is 11.8. The molecule has 0 aliphatic carbocycles. The van der Waals surface area contributed by atoms with Gasteiger partial charge >= 0.3 is 0 Å². The molecule has 2 heteroatoms. The van der Waals surface area contributed by atoms with E-state index in [-0.39, 0.29) is 12.0 Å². The molecule has 2 nitrogen and oxygen atoms in total. The molecule has 0 radical (unpaired) electrons. The van der Waals surface area contributed by atoms with Gasteiger partial charge in [0.2, 0.25) is 5.69 Å². The van der Waals surface area contributed by atoms with Crippen LogP contribution in [-0.2, 0) is 4.79 Å². The number of nitrogens with zero attached hydrogens (tertiary/aromatic N) is 1. The molecule has 2 heterocycles. The van der Waals surface area contributed by atoms with E-state index in [9.17, 15) is 4.79 Å². The number of hydrogen-bond donors (Lipinski definition) is 0. The summed E-state index contributed by atoms with van der Waals surface area (Å²) in [4.78, 5) is 11.3. The van der Waals surface area contributed by atoms with Gasteiger partial charge in [-0.25, -0.2) is 0 Å². The maximum Gasteiger partial charge on any atom is 0.213 e. The van der Waals surface area contributed by atoms with Crippen molar-refractivity contribution in [2.24, 2.45) is 0 Å². The zero-order valence-corrected chi connectivity index (χ0v) is 9.71. The van der Waals surface area contributed by atoms with E-state index < -0.39 is 0 Å². The number of carbonyl (C=O) groups is 1. The molecular formula is C15H14NO+. The second-order valence-corrected chi connectivity index (χ2v) is 4.48. The molecule has 2 aromatic rings. The highest BCUT2D eigenvalue weighted by molar-refractivity contribution is 5.73. The molecule has 0 saturated heterocycles. The molecule has 3 rings (SSSR count). The van der Waals surface area contributed by atoms with E-state index in [0.717, 1.165) is 11.8 Å². The summed E-state index contributed by atoms with van der Waals surface area (Å²) in [6, 6.07) is 14.5. The third kappa shape index (κ3) is 1.41. The number of pyridine rings is 1. The van der Waals surface area contributed by atoms with Gasteiger partial charge in [-0.1, -0.05) is 18.2 Å². The summed E-state index contributed by atoms with van der Waals surface area (Å²) in [7, 11) is 0. The normalized spacial score (nSPS) is 21.5. The van der Waals surface area contributed by atoms with Crippen LogP contribution in [0.1, 0.15) is 24.4 Å². The van der Waals surface area contributed by atoms with Gasteiger partial charge in [0, 0.05) is 12.1 Å². The smallest absolute Gasteiger partial charge is 0.213 e. The van der Waals surface area contributed by atoms with Crippen molar-refractivity contribution in [3.63, 3.8) is 0 Å². The molecule has 0 N–H and O–H groups in total. The van der Waals surface area contributed by atoms with Crippen LogP contribution in [0.15, 0.2) is 48.7 Å². The lowest BCUT2D eigenvalue weighted by Gasteiger charge is -2.24. The van der Waals surface area contributed by atoms with Gasteiger partial charge in [0.15, 0.2) is 12.2 Å². The van der Waals surface area contributed by atoms with Crippen LogP contribution in [0.2, 0.25) is 0 Å². The van der Waals surface area contributed by atoms with Crippen molar-refractivity contribution in [1.82, 2.24) is 0 Å². The highest BCUT2D eigenvalue weighted by Crippen LogP contribution is 2.35. The van der Waals surface area contributed by atoms with Gasteiger partial charge in [-0.15, -0.1) is 0 Å². The number of aromatic nitrogens is 1. The molecule has 0 saturated carbocycles. The lowest BCUT2D eigenvalue weighted by atomic mass is 9.85. The second kappa shape index (κ2) is 3.81. The van der Waals surface area contributed by atoms with E-state index in [1.54, 1.807) is 0 Å². The van der Waals surface area contributed by atoms with Gasteiger partial charge < -0.3 is 4.79 Å². The highest BCUT2D eigenvalue weighted by atomic mass is 16.1. The Morgan fingerprint density at radius 3 is 2.71 bits per heavy atom. The first kappa shape index (κ1) is 10.2. The van der Waals surface area contributed by atoms with Gasteiger partial charge in [0.05, 0.1) is 5.56 Å². The first-order chi connectivity index (χ1) is 8.33. The molecule has 17 heavy (non-hydrogen) atoms. The van der Waals surface area contributed by atoms with E-state index >= 15 is 0 Å². The fourth-order valence-electron chi connectivity index (χ4n) is 2.68. The third-order valence-electron chi connectivity index (χ3n) is 3.59. The quantitative estimate of drug-likeness (QED) is 0.538. The van der Waals surface area contributed by atoms with E-state index in [2.05, 4.69) is 29.7 Å². The number of carbonyl (C=O) groups excluding carboxylic acids is 1. The standard InChI is InChI=1S/C15H14NO/c1-11-14(10-17)12-6-2-3-7-13(12)15-8-4-5-9-16(11)15/h2-11,14H,1H3/q+1/t11-,14?/m0/s1.